The lowest BCUT2D eigenvalue weighted by Crippen LogP contribution is -2.22. The molecule has 0 saturated heterocycles. The summed E-state index contributed by atoms with van der Waals surface area (Å²) in [6.07, 6.45) is 0.638. The van der Waals surface area contributed by atoms with Crippen LogP contribution in [0.4, 0.5) is 0 Å². The van der Waals surface area contributed by atoms with Crippen LogP contribution < -0.4 is 0 Å². The summed E-state index contributed by atoms with van der Waals surface area (Å²) in [5.74, 6) is 0. The molecule has 0 saturated carbocycles. The third kappa shape index (κ3) is 2.81. The zero-order valence-electron chi connectivity index (χ0n) is 10.8. The van der Waals surface area contributed by atoms with Crippen molar-refractivity contribution in [1.82, 2.24) is 0 Å². The molecular weight excluding hydrogens is 232 g/mol. The van der Waals surface area contributed by atoms with E-state index < -0.39 is 5.41 Å². The Morgan fingerprint density at radius 2 is 1.74 bits per heavy atom. The van der Waals surface area contributed by atoms with Gasteiger partial charge in [0.15, 0.2) is 0 Å². The van der Waals surface area contributed by atoms with Gasteiger partial charge in [-0.2, -0.15) is 10.5 Å². The van der Waals surface area contributed by atoms with Gasteiger partial charge in [0.2, 0.25) is 0 Å². The van der Waals surface area contributed by atoms with Crippen molar-refractivity contribution in [2.45, 2.75) is 18.8 Å². The van der Waals surface area contributed by atoms with Crippen LogP contribution in [0.25, 0.3) is 0 Å². The maximum absolute atomic E-state index is 9.53. The maximum Gasteiger partial charge on any atom is 0.0991 e. The molecule has 2 rings (SSSR count). The molecule has 1 atom stereocenters. The molecule has 0 N–H and O–H groups in total. The van der Waals surface area contributed by atoms with Gasteiger partial charge in [-0.1, -0.05) is 42.5 Å². The largest absolute Gasteiger partial charge is 0.197 e. The van der Waals surface area contributed by atoms with Gasteiger partial charge < -0.3 is 0 Å². The zero-order chi connectivity index (χ0) is 13.7. The maximum atomic E-state index is 9.53. The van der Waals surface area contributed by atoms with Gasteiger partial charge in [-0.05, 0) is 36.6 Å². The Morgan fingerprint density at radius 1 is 1.00 bits per heavy atom. The van der Waals surface area contributed by atoms with E-state index in [2.05, 4.69) is 12.1 Å². The van der Waals surface area contributed by atoms with Gasteiger partial charge in [0.05, 0.1) is 23.1 Å². The summed E-state index contributed by atoms with van der Waals surface area (Å²) < 4.78 is 0. The number of nitriles is 2. The second kappa shape index (κ2) is 5.38. The zero-order valence-corrected chi connectivity index (χ0v) is 10.8. The third-order valence-corrected chi connectivity index (χ3v) is 3.28. The highest BCUT2D eigenvalue weighted by molar-refractivity contribution is 5.41. The van der Waals surface area contributed by atoms with Crippen LogP contribution in [0.15, 0.2) is 54.6 Å². The summed E-state index contributed by atoms with van der Waals surface area (Å²) in [7, 11) is 0. The molecule has 2 aromatic rings. The predicted molar refractivity (Wildman–Crippen MR) is 74.3 cm³/mol. The first-order chi connectivity index (χ1) is 9.18. The molecule has 0 bridgehead atoms. The van der Waals surface area contributed by atoms with Gasteiger partial charge >= 0.3 is 0 Å². The Hall–Kier alpha value is -2.58. The summed E-state index contributed by atoms with van der Waals surface area (Å²) in [5.41, 5.74) is 1.98. The molecule has 0 spiro atoms. The summed E-state index contributed by atoms with van der Waals surface area (Å²) >= 11 is 0. The highest BCUT2D eigenvalue weighted by Gasteiger charge is 2.27. The van der Waals surface area contributed by atoms with E-state index in [0.29, 0.717) is 12.0 Å². The summed E-state index contributed by atoms with van der Waals surface area (Å²) in [6, 6.07) is 21.7. The molecule has 0 radical (unpaired) electrons. The molecule has 0 aromatic heterocycles. The van der Waals surface area contributed by atoms with Crippen molar-refractivity contribution in [2.24, 2.45) is 0 Å². The fourth-order valence-electron chi connectivity index (χ4n) is 2.14. The van der Waals surface area contributed by atoms with Gasteiger partial charge in [0.1, 0.15) is 0 Å². The highest BCUT2D eigenvalue weighted by Crippen LogP contribution is 2.28. The number of benzene rings is 2. The topological polar surface area (TPSA) is 47.6 Å². The molecule has 1 unspecified atom stereocenters. The minimum absolute atomic E-state index is 0.590. The van der Waals surface area contributed by atoms with E-state index in [-0.39, 0.29) is 0 Å². The van der Waals surface area contributed by atoms with Crippen LogP contribution >= 0.6 is 0 Å². The molecular formula is C17H14N2. The van der Waals surface area contributed by atoms with Gasteiger partial charge in [0.25, 0.3) is 0 Å². The van der Waals surface area contributed by atoms with E-state index >= 15 is 0 Å². The molecule has 2 aromatic carbocycles. The second-order valence-electron chi connectivity index (χ2n) is 4.80. The van der Waals surface area contributed by atoms with Gasteiger partial charge in [-0.25, -0.2) is 0 Å². The van der Waals surface area contributed by atoms with Crippen molar-refractivity contribution >= 4 is 0 Å². The first kappa shape index (κ1) is 12.9. The number of nitrogens with zero attached hydrogens (tertiary/aromatic N) is 2. The monoisotopic (exact) mass is 246 g/mol. The van der Waals surface area contributed by atoms with E-state index in [1.165, 1.54) is 0 Å². The molecule has 92 valence electrons. The van der Waals surface area contributed by atoms with Crippen LogP contribution in [0.2, 0.25) is 0 Å². The summed E-state index contributed by atoms with van der Waals surface area (Å²) in [5, 5.41) is 18.5. The Bertz CT molecular complexity index is 647. The van der Waals surface area contributed by atoms with Crippen LogP contribution in [0, 0.1) is 22.7 Å². The first-order valence-electron chi connectivity index (χ1n) is 6.14. The lowest BCUT2D eigenvalue weighted by Gasteiger charge is -2.22. The third-order valence-electron chi connectivity index (χ3n) is 3.28. The van der Waals surface area contributed by atoms with Gasteiger partial charge in [-0.15, -0.1) is 0 Å². The van der Waals surface area contributed by atoms with E-state index in [9.17, 15) is 5.26 Å². The molecule has 0 aliphatic heterocycles. The van der Waals surface area contributed by atoms with Gasteiger partial charge in [0, 0.05) is 0 Å². The van der Waals surface area contributed by atoms with E-state index in [0.717, 1.165) is 11.1 Å². The van der Waals surface area contributed by atoms with E-state index in [4.69, 9.17) is 5.26 Å². The first-order valence-corrected chi connectivity index (χ1v) is 6.14. The average Bonchev–Trinajstić information content (AvgIpc) is 2.48. The molecule has 2 nitrogen and oxygen atoms in total. The van der Waals surface area contributed by atoms with Crippen LogP contribution in [0.1, 0.15) is 23.6 Å². The Kier molecular flexibility index (Phi) is 3.64. The molecule has 0 amide bonds. The molecule has 0 aliphatic rings. The SMILES string of the molecule is CC(C#N)(Cc1ccccc1)c1cccc(C#N)c1. The Balaban J connectivity index is 2.38. The minimum Gasteiger partial charge on any atom is -0.197 e. The highest BCUT2D eigenvalue weighted by atomic mass is 14.4. The lowest BCUT2D eigenvalue weighted by atomic mass is 9.78. The summed E-state index contributed by atoms with van der Waals surface area (Å²) in [4.78, 5) is 0. The van der Waals surface area contributed by atoms with Crippen molar-refractivity contribution in [3.8, 4) is 12.1 Å². The van der Waals surface area contributed by atoms with Crippen molar-refractivity contribution in [2.75, 3.05) is 0 Å². The van der Waals surface area contributed by atoms with Crippen LogP contribution in [0.5, 0.6) is 0 Å². The van der Waals surface area contributed by atoms with E-state index in [1.54, 1.807) is 12.1 Å². The van der Waals surface area contributed by atoms with Crippen molar-refractivity contribution < 1.29 is 0 Å². The second-order valence-corrected chi connectivity index (χ2v) is 4.80. The molecule has 0 fully saturated rings. The predicted octanol–water partition coefficient (Wildman–Crippen LogP) is 3.58. The van der Waals surface area contributed by atoms with Crippen LogP contribution in [0.3, 0.4) is 0 Å². The van der Waals surface area contributed by atoms with Crippen LogP contribution in [-0.2, 0) is 11.8 Å². The van der Waals surface area contributed by atoms with Crippen molar-refractivity contribution in [3.63, 3.8) is 0 Å². The number of rotatable bonds is 3. The van der Waals surface area contributed by atoms with Crippen molar-refractivity contribution in [1.29, 1.82) is 10.5 Å². The minimum atomic E-state index is -0.617. The molecule has 0 aliphatic carbocycles. The van der Waals surface area contributed by atoms with Gasteiger partial charge in [-0.3, -0.25) is 0 Å². The average molecular weight is 246 g/mol. The smallest absolute Gasteiger partial charge is 0.0991 e. The van der Waals surface area contributed by atoms with E-state index in [1.807, 2.05) is 49.4 Å². The fraction of sp³-hybridized carbons (Fsp3) is 0.176. The Morgan fingerprint density at radius 3 is 2.37 bits per heavy atom. The summed E-state index contributed by atoms with van der Waals surface area (Å²) in [6.45, 7) is 1.91. The lowest BCUT2D eigenvalue weighted by molar-refractivity contribution is 0.606. The molecule has 2 heteroatoms. The Labute approximate surface area is 113 Å². The standard InChI is InChI=1S/C17H14N2/c1-17(13-19,11-14-6-3-2-4-7-14)16-9-5-8-15(10-16)12-18/h2-10H,11H2,1H3. The molecule has 19 heavy (non-hydrogen) atoms. The number of hydrogen-bond acceptors (Lipinski definition) is 2. The fourth-order valence-corrected chi connectivity index (χ4v) is 2.14. The number of hydrogen-bond donors (Lipinski definition) is 0. The van der Waals surface area contributed by atoms with Crippen molar-refractivity contribution in [3.05, 3.63) is 71.3 Å². The van der Waals surface area contributed by atoms with Crippen LogP contribution in [-0.4, -0.2) is 0 Å². The molecule has 0 heterocycles. The normalized spacial score (nSPS) is 13.0. The quantitative estimate of drug-likeness (QED) is 0.831.